The van der Waals surface area contributed by atoms with E-state index in [-0.39, 0.29) is 5.54 Å². The molecular formula is C10H14Cl2NOP. The minimum Gasteiger partial charge on any atom is -0.436 e. The van der Waals surface area contributed by atoms with Crippen LogP contribution in [0.25, 0.3) is 0 Å². The summed E-state index contributed by atoms with van der Waals surface area (Å²) in [4.78, 5) is 0. The van der Waals surface area contributed by atoms with Gasteiger partial charge in [0.25, 0.3) is 0 Å². The van der Waals surface area contributed by atoms with Gasteiger partial charge in [0.15, 0.2) is 0 Å². The van der Waals surface area contributed by atoms with E-state index in [1.807, 2.05) is 39.0 Å². The molecule has 0 saturated carbocycles. The molecular weight excluding hydrogens is 252 g/mol. The molecule has 5 heteroatoms. The first kappa shape index (κ1) is 12.9. The number of hydrogen-bond donors (Lipinski definition) is 0. The van der Waals surface area contributed by atoms with Gasteiger partial charge in [0.1, 0.15) is 5.75 Å². The van der Waals surface area contributed by atoms with Crippen LogP contribution < -0.4 is 4.52 Å². The molecule has 84 valence electrons. The molecule has 0 aliphatic heterocycles. The van der Waals surface area contributed by atoms with E-state index in [2.05, 4.69) is 4.74 Å². The van der Waals surface area contributed by atoms with Gasteiger partial charge in [-0.05, 0) is 55.4 Å². The molecule has 0 fully saturated rings. The third kappa shape index (κ3) is 5.46. The highest BCUT2D eigenvalue weighted by atomic mass is 35.9. The molecule has 0 atom stereocenters. The molecule has 0 unspecified atom stereocenters. The Kier molecular flexibility index (Phi) is 4.11. The molecule has 1 aromatic rings. The second kappa shape index (κ2) is 4.78. The summed E-state index contributed by atoms with van der Waals surface area (Å²) in [6, 6.07) is 9.23. The third-order valence-electron chi connectivity index (χ3n) is 1.37. The van der Waals surface area contributed by atoms with Crippen LogP contribution in [0.5, 0.6) is 5.75 Å². The van der Waals surface area contributed by atoms with Crippen molar-refractivity contribution in [3.05, 3.63) is 30.3 Å². The number of halogens is 2. The van der Waals surface area contributed by atoms with Crippen LogP contribution in [0.1, 0.15) is 20.8 Å². The van der Waals surface area contributed by atoms with Crippen molar-refractivity contribution in [2.45, 2.75) is 26.3 Å². The first-order chi connectivity index (χ1) is 6.79. The molecule has 0 N–H and O–H groups in total. The molecule has 0 aliphatic rings. The van der Waals surface area contributed by atoms with Gasteiger partial charge in [-0.25, -0.2) is 4.74 Å². The van der Waals surface area contributed by atoms with Crippen LogP contribution >= 0.6 is 28.5 Å². The summed E-state index contributed by atoms with van der Waals surface area (Å²) in [6.07, 6.45) is 0. The van der Waals surface area contributed by atoms with Gasteiger partial charge in [-0.1, -0.05) is 18.2 Å². The summed E-state index contributed by atoms with van der Waals surface area (Å²) in [7, 11) is 0. The second-order valence-corrected chi connectivity index (χ2v) is 8.63. The number of rotatable bonds is 2. The van der Waals surface area contributed by atoms with Gasteiger partial charge in [0.05, 0.1) is 5.54 Å². The molecule has 1 aromatic carbocycles. The first-order valence-corrected chi connectivity index (χ1v) is 8.03. The quantitative estimate of drug-likeness (QED) is 0.666. The van der Waals surface area contributed by atoms with E-state index < -0.39 is 5.99 Å². The van der Waals surface area contributed by atoms with Crippen molar-refractivity contribution in [2.24, 2.45) is 4.74 Å². The predicted octanol–water partition coefficient (Wildman–Crippen LogP) is 5.29. The average molecular weight is 266 g/mol. The molecule has 0 aliphatic carbocycles. The minimum atomic E-state index is -2.72. The Labute approximate surface area is 100 Å². The highest BCUT2D eigenvalue weighted by Gasteiger charge is 2.20. The van der Waals surface area contributed by atoms with E-state index in [0.717, 1.165) is 0 Å². The van der Waals surface area contributed by atoms with E-state index in [0.29, 0.717) is 5.75 Å². The van der Waals surface area contributed by atoms with Crippen molar-refractivity contribution in [2.75, 3.05) is 0 Å². The number of para-hydroxylation sites is 1. The largest absolute Gasteiger partial charge is 0.436 e. The Hall–Kier alpha value is -0.170. The van der Waals surface area contributed by atoms with Crippen molar-refractivity contribution in [1.82, 2.24) is 0 Å². The summed E-state index contributed by atoms with van der Waals surface area (Å²) >= 11 is 12.1. The molecule has 0 radical (unpaired) electrons. The van der Waals surface area contributed by atoms with Crippen LogP contribution in [0, 0.1) is 0 Å². The summed E-state index contributed by atoms with van der Waals surface area (Å²) in [5.74, 6) is -2.07. The fourth-order valence-corrected chi connectivity index (χ4v) is 3.93. The van der Waals surface area contributed by atoms with E-state index in [9.17, 15) is 0 Å². The minimum absolute atomic E-state index is 0.300. The summed E-state index contributed by atoms with van der Waals surface area (Å²) in [6.45, 7) is 5.79. The van der Waals surface area contributed by atoms with Gasteiger partial charge in [0, 0.05) is 0 Å². The van der Waals surface area contributed by atoms with Crippen LogP contribution in [-0.4, -0.2) is 5.54 Å². The van der Waals surface area contributed by atoms with Gasteiger partial charge in [-0.2, -0.15) is 0 Å². The molecule has 1 rings (SSSR count). The normalized spacial score (nSPS) is 12.3. The van der Waals surface area contributed by atoms with Gasteiger partial charge in [-0.3, -0.25) is 0 Å². The second-order valence-electron chi connectivity index (χ2n) is 4.11. The van der Waals surface area contributed by atoms with Crippen molar-refractivity contribution in [1.29, 1.82) is 0 Å². The topological polar surface area (TPSA) is 21.6 Å². The first-order valence-electron chi connectivity index (χ1n) is 4.56. The molecule has 15 heavy (non-hydrogen) atoms. The molecule has 0 saturated heterocycles. The maximum absolute atomic E-state index is 6.04. The summed E-state index contributed by atoms with van der Waals surface area (Å²) < 4.78 is 9.71. The van der Waals surface area contributed by atoms with Crippen molar-refractivity contribution >= 4 is 28.5 Å². The average Bonchev–Trinajstić information content (AvgIpc) is 1.99. The fraction of sp³-hybridized carbons (Fsp3) is 0.400. The van der Waals surface area contributed by atoms with E-state index >= 15 is 0 Å². The Morgan fingerprint density at radius 3 is 2.13 bits per heavy atom. The Morgan fingerprint density at radius 2 is 1.67 bits per heavy atom. The standard InChI is InChI=1S/C10H14Cl2NOP/c1-10(2,3)13-15(11,12)14-9-7-5-4-6-8-9/h4-8H,1-3H3. The number of benzene rings is 1. The lowest BCUT2D eigenvalue weighted by molar-refractivity contribution is 0.567. The maximum atomic E-state index is 6.04. The zero-order chi connectivity index (χ0) is 11.5. The molecule has 0 bridgehead atoms. The summed E-state index contributed by atoms with van der Waals surface area (Å²) in [5, 5.41) is 0. The van der Waals surface area contributed by atoms with Gasteiger partial charge >= 0.3 is 5.99 Å². The molecule has 2 nitrogen and oxygen atoms in total. The lowest BCUT2D eigenvalue weighted by Crippen LogP contribution is -2.08. The van der Waals surface area contributed by atoms with Gasteiger partial charge < -0.3 is 4.52 Å². The zero-order valence-electron chi connectivity index (χ0n) is 8.95. The highest BCUT2D eigenvalue weighted by Crippen LogP contribution is 2.61. The van der Waals surface area contributed by atoms with Crippen molar-refractivity contribution in [3.63, 3.8) is 0 Å². The molecule has 0 spiro atoms. The van der Waals surface area contributed by atoms with E-state index in [1.165, 1.54) is 0 Å². The summed E-state index contributed by atoms with van der Waals surface area (Å²) in [5.41, 5.74) is -0.300. The predicted molar refractivity (Wildman–Crippen MR) is 67.9 cm³/mol. The highest BCUT2D eigenvalue weighted by molar-refractivity contribution is 8.07. The lowest BCUT2D eigenvalue weighted by Gasteiger charge is -2.18. The van der Waals surface area contributed by atoms with Crippen LogP contribution in [-0.2, 0) is 0 Å². The van der Waals surface area contributed by atoms with Crippen molar-refractivity contribution in [3.8, 4) is 5.75 Å². The Bertz CT molecular complexity index is 367. The molecule has 0 aromatic heterocycles. The van der Waals surface area contributed by atoms with Crippen molar-refractivity contribution < 1.29 is 4.52 Å². The molecule has 0 heterocycles. The van der Waals surface area contributed by atoms with Gasteiger partial charge in [0.2, 0.25) is 0 Å². The lowest BCUT2D eigenvalue weighted by atomic mass is 10.1. The number of hydrogen-bond acceptors (Lipinski definition) is 2. The van der Waals surface area contributed by atoms with E-state index in [1.54, 1.807) is 12.1 Å². The smallest absolute Gasteiger partial charge is 0.314 e. The van der Waals surface area contributed by atoms with E-state index in [4.69, 9.17) is 27.0 Å². The molecule has 0 amide bonds. The van der Waals surface area contributed by atoms with Crippen LogP contribution in [0.4, 0.5) is 0 Å². The van der Waals surface area contributed by atoms with Crippen LogP contribution in [0.3, 0.4) is 0 Å². The van der Waals surface area contributed by atoms with Crippen LogP contribution in [0.15, 0.2) is 35.1 Å². The maximum Gasteiger partial charge on any atom is 0.314 e. The number of nitrogens with zero attached hydrogens (tertiary/aromatic N) is 1. The SMILES string of the molecule is CC(C)(C)N=P(Cl)(Cl)Oc1ccccc1. The Morgan fingerprint density at radius 1 is 1.13 bits per heavy atom. The third-order valence-corrected chi connectivity index (χ3v) is 3.51. The fourth-order valence-electron chi connectivity index (χ4n) is 0.978. The monoisotopic (exact) mass is 265 g/mol. The Balaban J connectivity index is 2.86. The van der Waals surface area contributed by atoms with Crippen LogP contribution in [0.2, 0.25) is 0 Å². The van der Waals surface area contributed by atoms with Gasteiger partial charge in [-0.15, -0.1) is 0 Å². The zero-order valence-corrected chi connectivity index (χ0v) is 11.4.